The van der Waals surface area contributed by atoms with Gasteiger partial charge in [-0.15, -0.1) is 0 Å². The molecule has 1 saturated carbocycles. The Morgan fingerprint density at radius 2 is 1.96 bits per heavy atom. The molecule has 24 heavy (non-hydrogen) atoms. The summed E-state index contributed by atoms with van der Waals surface area (Å²) in [7, 11) is 1.50. The second-order valence-corrected chi connectivity index (χ2v) is 6.24. The molecule has 4 nitrogen and oxygen atoms in total. The van der Waals surface area contributed by atoms with Gasteiger partial charge < -0.3 is 10.1 Å². The maximum atomic E-state index is 13.2. The molecule has 1 heterocycles. The van der Waals surface area contributed by atoms with Gasteiger partial charge in [0.2, 0.25) is 5.88 Å². The first kappa shape index (κ1) is 16.4. The second kappa shape index (κ2) is 6.99. The first-order valence-corrected chi connectivity index (χ1v) is 8.18. The van der Waals surface area contributed by atoms with Gasteiger partial charge in [0.25, 0.3) is 5.91 Å². The lowest BCUT2D eigenvalue weighted by Gasteiger charge is -2.30. The van der Waals surface area contributed by atoms with Crippen LogP contribution in [0.25, 0.3) is 0 Å². The highest BCUT2D eigenvalue weighted by molar-refractivity contribution is 5.96. The van der Waals surface area contributed by atoms with Crippen LogP contribution >= 0.6 is 0 Å². The number of amides is 1. The molecular formula is C19H21FN2O2. The van der Waals surface area contributed by atoms with E-state index in [9.17, 15) is 9.18 Å². The van der Waals surface area contributed by atoms with Gasteiger partial charge in [0.1, 0.15) is 11.4 Å². The number of hydrogen-bond donors (Lipinski definition) is 1. The summed E-state index contributed by atoms with van der Waals surface area (Å²) in [4.78, 5) is 16.6. The standard InChI is InChI=1S/C19H21FN2O2/c1-24-18-16(5-4-12-21-18)17(23)22-13-19(10-2-3-11-19)14-6-8-15(20)9-7-14/h4-9,12H,2-3,10-11,13H2,1H3,(H,22,23). The molecule has 0 aliphatic heterocycles. The number of halogens is 1. The van der Waals surface area contributed by atoms with E-state index >= 15 is 0 Å². The van der Waals surface area contributed by atoms with E-state index in [-0.39, 0.29) is 17.1 Å². The number of hydrogen-bond acceptors (Lipinski definition) is 3. The zero-order chi connectivity index (χ0) is 17.0. The summed E-state index contributed by atoms with van der Waals surface area (Å²) in [5.41, 5.74) is 1.38. The maximum absolute atomic E-state index is 13.2. The summed E-state index contributed by atoms with van der Waals surface area (Å²) in [6.45, 7) is 0.523. The van der Waals surface area contributed by atoms with Crippen molar-refractivity contribution in [3.8, 4) is 5.88 Å². The number of rotatable bonds is 5. The molecule has 1 aliphatic rings. The van der Waals surface area contributed by atoms with E-state index in [1.54, 1.807) is 18.3 Å². The van der Waals surface area contributed by atoms with Crippen molar-refractivity contribution in [1.29, 1.82) is 0 Å². The van der Waals surface area contributed by atoms with Gasteiger partial charge in [0, 0.05) is 18.2 Å². The highest BCUT2D eigenvalue weighted by Gasteiger charge is 2.36. The third-order valence-corrected chi connectivity index (χ3v) is 4.81. The van der Waals surface area contributed by atoms with Crippen molar-refractivity contribution in [2.45, 2.75) is 31.1 Å². The highest BCUT2D eigenvalue weighted by Crippen LogP contribution is 2.40. The molecule has 126 valence electrons. The topological polar surface area (TPSA) is 51.2 Å². The lowest BCUT2D eigenvalue weighted by atomic mass is 9.78. The van der Waals surface area contributed by atoms with E-state index in [0.717, 1.165) is 31.2 Å². The SMILES string of the molecule is COc1ncccc1C(=O)NCC1(c2ccc(F)cc2)CCCC1. The van der Waals surface area contributed by atoms with E-state index in [1.165, 1.54) is 19.2 Å². The summed E-state index contributed by atoms with van der Waals surface area (Å²) in [6.07, 6.45) is 5.80. The Labute approximate surface area is 141 Å². The number of nitrogens with zero attached hydrogens (tertiary/aromatic N) is 1. The quantitative estimate of drug-likeness (QED) is 0.914. The number of benzene rings is 1. The van der Waals surface area contributed by atoms with Crippen molar-refractivity contribution in [2.24, 2.45) is 0 Å². The van der Waals surface area contributed by atoms with Gasteiger partial charge >= 0.3 is 0 Å². The summed E-state index contributed by atoms with van der Waals surface area (Å²) in [6, 6.07) is 10.0. The molecule has 3 rings (SSSR count). The van der Waals surface area contributed by atoms with Gasteiger partial charge in [-0.25, -0.2) is 9.37 Å². The van der Waals surface area contributed by atoms with Crippen molar-refractivity contribution in [2.75, 3.05) is 13.7 Å². The second-order valence-electron chi connectivity index (χ2n) is 6.24. The Kier molecular flexibility index (Phi) is 4.79. The average molecular weight is 328 g/mol. The number of ether oxygens (including phenoxy) is 1. The van der Waals surface area contributed by atoms with Crippen LogP contribution in [0, 0.1) is 5.82 Å². The minimum absolute atomic E-state index is 0.126. The minimum atomic E-state index is -0.240. The molecule has 0 radical (unpaired) electrons. The summed E-state index contributed by atoms with van der Waals surface area (Å²) >= 11 is 0. The smallest absolute Gasteiger partial charge is 0.256 e. The molecule has 5 heteroatoms. The minimum Gasteiger partial charge on any atom is -0.480 e. The maximum Gasteiger partial charge on any atom is 0.256 e. The molecule has 0 unspecified atom stereocenters. The zero-order valence-corrected chi connectivity index (χ0v) is 13.7. The third-order valence-electron chi connectivity index (χ3n) is 4.81. The predicted molar refractivity (Wildman–Crippen MR) is 89.7 cm³/mol. The van der Waals surface area contributed by atoms with Crippen LogP contribution in [0.15, 0.2) is 42.6 Å². The lowest BCUT2D eigenvalue weighted by molar-refractivity contribution is 0.0939. The Bertz CT molecular complexity index is 710. The van der Waals surface area contributed by atoms with E-state index in [1.807, 2.05) is 12.1 Å². The van der Waals surface area contributed by atoms with Crippen molar-refractivity contribution >= 4 is 5.91 Å². The number of nitrogens with one attached hydrogen (secondary N) is 1. The molecule has 1 N–H and O–H groups in total. The van der Waals surface area contributed by atoms with Crippen molar-refractivity contribution < 1.29 is 13.9 Å². The molecule has 1 aliphatic carbocycles. The van der Waals surface area contributed by atoms with Gasteiger partial charge in [-0.2, -0.15) is 0 Å². The fourth-order valence-electron chi connectivity index (χ4n) is 3.49. The largest absolute Gasteiger partial charge is 0.480 e. The fraction of sp³-hybridized carbons (Fsp3) is 0.368. The number of pyridine rings is 1. The molecule has 2 aromatic rings. The monoisotopic (exact) mass is 328 g/mol. The van der Waals surface area contributed by atoms with Gasteiger partial charge in [0.15, 0.2) is 0 Å². The molecule has 1 amide bonds. The van der Waals surface area contributed by atoms with Gasteiger partial charge in [-0.1, -0.05) is 25.0 Å². The molecular weight excluding hydrogens is 307 g/mol. The Balaban J connectivity index is 1.77. The van der Waals surface area contributed by atoms with Crippen LogP contribution in [-0.2, 0) is 5.41 Å². The first-order chi connectivity index (χ1) is 11.6. The van der Waals surface area contributed by atoms with Crippen LogP contribution in [-0.4, -0.2) is 24.5 Å². The Morgan fingerprint density at radius 3 is 2.62 bits per heavy atom. The number of methoxy groups -OCH3 is 1. The number of carbonyl (C=O) groups excluding carboxylic acids is 1. The van der Waals surface area contributed by atoms with Gasteiger partial charge in [0.05, 0.1) is 7.11 Å². The molecule has 0 bridgehead atoms. The van der Waals surface area contributed by atoms with Crippen LogP contribution in [0.1, 0.15) is 41.6 Å². The van der Waals surface area contributed by atoms with Crippen LogP contribution in [0.3, 0.4) is 0 Å². The van der Waals surface area contributed by atoms with Crippen molar-refractivity contribution in [1.82, 2.24) is 10.3 Å². The van der Waals surface area contributed by atoms with Gasteiger partial charge in [-0.05, 0) is 42.7 Å². The van der Waals surface area contributed by atoms with Crippen molar-refractivity contribution in [3.05, 3.63) is 59.5 Å². The van der Waals surface area contributed by atoms with Crippen LogP contribution in [0.2, 0.25) is 0 Å². The zero-order valence-electron chi connectivity index (χ0n) is 13.7. The molecule has 0 saturated heterocycles. The summed E-state index contributed by atoms with van der Waals surface area (Å²) < 4.78 is 18.4. The Hall–Kier alpha value is -2.43. The van der Waals surface area contributed by atoms with Crippen LogP contribution in [0.5, 0.6) is 5.88 Å². The van der Waals surface area contributed by atoms with E-state index < -0.39 is 0 Å². The van der Waals surface area contributed by atoms with E-state index in [0.29, 0.717) is 18.0 Å². The number of aromatic nitrogens is 1. The Morgan fingerprint density at radius 1 is 1.25 bits per heavy atom. The average Bonchev–Trinajstić information content (AvgIpc) is 3.10. The number of carbonyl (C=O) groups is 1. The lowest BCUT2D eigenvalue weighted by Crippen LogP contribution is -2.39. The molecule has 0 atom stereocenters. The fourth-order valence-corrected chi connectivity index (χ4v) is 3.49. The van der Waals surface area contributed by atoms with Crippen LogP contribution in [0.4, 0.5) is 4.39 Å². The first-order valence-electron chi connectivity index (χ1n) is 8.18. The normalized spacial score (nSPS) is 15.9. The van der Waals surface area contributed by atoms with Gasteiger partial charge in [-0.3, -0.25) is 4.79 Å². The summed E-state index contributed by atoms with van der Waals surface area (Å²) in [5.74, 6) is -0.124. The molecule has 1 fully saturated rings. The van der Waals surface area contributed by atoms with Crippen LogP contribution < -0.4 is 10.1 Å². The van der Waals surface area contributed by atoms with Crippen molar-refractivity contribution in [3.63, 3.8) is 0 Å². The molecule has 0 spiro atoms. The molecule has 1 aromatic carbocycles. The highest BCUT2D eigenvalue weighted by atomic mass is 19.1. The predicted octanol–water partition coefficient (Wildman–Crippen LogP) is 3.47. The summed E-state index contributed by atoms with van der Waals surface area (Å²) in [5, 5.41) is 3.02. The molecule has 1 aromatic heterocycles. The third kappa shape index (κ3) is 3.25. The van der Waals surface area contributed by atoms with E-state index in [4.69, 9.17) is 4.74 Å². The van der Waals surface area contributed by atoms with E-state index in [2.05, 4.69) is 10.3 Å².